The van der Waals surface area contributed by atoms with Crippen LogP contribution in [0.1, 0.15) is 12.0 Å². The van der Waals surface area contributed by atoms with E-state index in [1.807, 2.05) is 6.92 Å². The standard InChI is InChI=1S/C13H15ClN2O3/c1-7-3-10(11(19-2)5-9(7)14)16-6-8(13(15)18)4-12(16)17/h3,5,8H,4,6H2,1-2H3,(H2,15,18). The molecule has 2 amide bonds. The summed E-state index contributed by atoms with van der Waals surface area (Å²) in [7, 11) is 1.51. The van der Waals surface area contributed by atoms with E-state index in [1.54, 1.807) is 12.1 Å². The third-order valence-electron chi connectivity index (χ3n) is 3.28. The second-order valence-electron chi connectivity index (χ2n) is 4.58. The van der Waals surface area contributed by atoms with Crippen LogP contribution in [0.25, 0.3) is 0 Å². The Kier molecular flexibility index (Phi) is 3.66. The quantitative estimate of drug-likeness (QED) is 0.913. The number of methoxy groups -OCH3 is 1. The van der Waals surface area contributed by atoms with Crippen molar-refractivity contribution in [2.24, 2.45) is 11.7 Å². The summed E-state index contributed by atoms with van der Waals surface area (Å²) in [6.45, 7) is 2.13. The zero-order valence-electron chi connectivity index (χ0n) is 10.8. The van der Waals surface area contributed by atoms with E-state index in [2.05, 4.69) is 0 Å². The maximum atomic E-state index is 12.0. The van der Waals surface area contributed by atoms with Crippen LogP contribution in [-0.2, 0) is 9.59 Å². The highest BCUT2D eigenvalue weighted by atomic mass is 35.5. The zero-order chi connectivity index (χ0) is 14.2. The molecule has 0 bridgehead atoms. The summed E-state index contributed by atoms with van der Waals surface area (Å²) < 4.78 is 5.24. The first-order valence-electron chi connectivity index (χ1n) is 5.88. The third kappa shape index (κ3) is 2.51. The smallest absolute Gasteiger partial charge is 0.227 e. The molecule has 2 N–H and O–H groups in total. The van der Waals surface area contributed by atoms with Crippen molar-refractivity contribution in [2.75, 3.05) is 18.6 Å². The van der Waals surface area contributed by atoms with Gasteiger partial charge in [0.25, 0.3) is 0 Å². The Labute approximate surface area is 116 Å². The van der Waals surface area contributed by atoms with Crippen LogP contribution >= 0.6 is 11.6 Å². The monoisotopic (exact) mass is 282 g/mol. The first kappa shape index (κ1) is 13.7. The van der Waals surface area contributed by atoms with Gasteiger partial charge >= 0.3 is 0 Å². The van der Waals surface area contributed by atoms with E-state index in [0.717, 1.165) is 5.56 Å². The minimum Gasteiger partial charge on any atom is -0.495 e. The predicted molar refractivity (Wildman–Crippen MR) is 72.4 cm³/mol. The molecule has 0 aromatic heterocycles. The molecule has 1 aromatic rings. The normalized spacial score (nSPS) is 18.8. The van der Waals surface area contributed by atoms with E-state index in [9.17, 15) is 9.59 Å². The topological polar surface area (TPSA) is 72.6 Å². The van der Waals surface area contributed by atoms with Crippen molar-refractivity contribution in [3.05, 3.63) is 22.7 Å². The largest absolute Gasteiger partial charge is 0.495 e. The molecule has 0 saturated carbocycles. The van der Waals surface area contributed by atoms with Crippen molar-refractivity contribution in [3.8, 4) is 5.75 Å². The lowest BCUT2D eigenvalue weighted by Gasteiger charge is -2.20. The second kappa shape index (κ2) is 5.09. The van der Waals surface area contributed by atoms with Gasteiger partial charge in [0.1, 0.15) is 5.75 Å². The SMILES string of the molecule is COc1cc(Cl)c(C)cc1N1CC(C(N)=O)CC1=O. The van der Waals surface area contributed by atoms with Crippen molar-refractivity contribution in [3.63, 3.8) is 0 Å². The summed E-state index contributed by atoms with van der Waals surface area (Å²) >= 11 is 6.03. The van der Waals surface area contributed by atoms with Gasteiger partial charge in [-0.2, -0.15) is 0 Å². The Balaban J connectivity index is 2.39. The summed E-state index contributed by atoms with van der Waals surface area (Å²) in [6.07, 6.45) is 0.139. The van der Waals surface area contributed by atoms with Gasteiger partial charge in [-0.25, -0.2) is 0 Å². The molecule has 1 aliphatic heterocycles. The number of amides is 2. The van der Waals surface area contributed by atoms with Crippen LogP contribution in [0.3, 0.4) is 0 Å². The minimum absolute atomic E-state index is 0.135. The Hall–Kier alpha value is -1.75. The average Bonchev–Trinajstić information content (AvgIpc) is 2.74. The van der Waals surface area contributed by atoms with Gasteiger partial charge < -0.3 is 15.4 Å². The van der Waals surface area contributed by atoms with Gasteiger partial charge in [0.15, 0.2) is 0 Å². The first-order valence-corrected chi connectivity index (χ1v) is 6.25. The molecule has 1 saturated heterocycles. The number of halogens is 1. The molecule has 5 nitrogen and oxygen atoms in total. The van der Waals surface area contributed by atoms with Crippen LogP contribution in [0.5, 0.6) is 5.75 Å². The van der Waals surface area contributed by atoms with Crippen molar-refractivity contribution in [1.29, 1.82) is 0 Å². The molecule has 6 heteroatoms. The van der Waals surface area contributed by atoms with E-state index < -0.39 is 11.8 Å². The number of hydrogen-bond acceptors (Lipinski definition) is 3. The van der Waals surface area contributed by atoms with Gasteiger partial charge in [-0.05, 0) is 18.6 Å². The molecule has 1 atom stereocenters. The zero-order valence-corrected chi connectivity index (χ0v) is 11.5. The lowest BCUT2D eigenvalue weighted by Crippen LogP contribution is -2.28. The number of primary amides is 1. The number of hydrogen-bond donors (Lipinski definition) is 1. The summed E-state index contributed by atoms with van der Waals surface area (Å²) in [6, 6.07) is 3.44. The average molecular weight is 283 g/mol. The minimum atomic E-state index is -0.458. The Morgan fingerprint density at radius 3 is 2.74 bits per heavy atom. The van der Waals surface area contributed by atoms with Crippen LogP contribution in [0.2, 0.25) is 5.02 Å². The Bertz CT molecular complexity index is 545. The molecule has 1 aromatic carbocycles. The fourth-order valence-corrected chi connectivity index (χ4v) is 2.31. The van der Waals surface area contributed by atoms with Crippen LogP contribution in [0.15, 0.2) is 12.1 Å². The van der Waals surface area contributed by atoms with Gasteiger partial charge in [-0.15, -0.1) is 0 Å². The molecule has 102 valence electrons. The van der Waals surface area contributed by atoms with Crippen molar-refractivity contribution in [1.82, 2.24) is 0 Å². The van der Waals surface area contributed by atoms with Crippen molar-refractivity contribution in [2.45, 2.75) is 13.3 Å². The Morgan fingerprint density at radius 1 is 1.53 bits per heavy atom. The molecule has 0 aliphatic carbocycles. The summed E-state index contributed by atoms with van der Waals surface area (Å²) in [5.74, 6) is -0.536. The lowest BCUT2D eigenvalue weighted by molar-refractivity contribution is -0.123. The molecule has 19 heavy (non-hydrogen) atoms. The van der Waals surface area contributed by atoms with Crippen molar-refractivity contribution < 1.29 is 14.3 Å². The number of rotatable bonds is 3. The maximum Gasteiger partial charge on any atom is 0.227 e. The number of aryl methyl sites for hydroxylation is 1. The highest BCUT2D eigenvalue weighted by Gasteiger charge is 2.35. The van der Waals surface area contributed by atoms with E-state index >= 15 is 0 Å². The van der Waals surface area contributed by atoms with Crippen LogP contribution in [0, 0.1) is 12.8 Å². The number of anilines is 1. The molecule has 1 fully saturated rings. The fourth-order valence-electron chi connectivity index (χ4n) is 2.15. The number of nitrogens with two attached hydrogens (primary N) is 1. The number of carbonyl (C=O) groups is 2. The molecule has 1 unspecified atom stereocenters. The van der Waals surface area contributed by atoms with Crippen molar-refractivity contribution >= 4 is 29.1 Å². The lowest BCUT2D eigenvalue weighted by atomic mass is 10.1. The first-order chi connectivity index (χ1) is 8.93. The highest BCUT2D eigenvalue weighted by molar-refractivity contribution is 6.31. The van der Waals surface area contributed by atoms with Crippen LogP contribution < -0.4 is 15.4 Å². The van der Waals surface area contributed by atoms with Gasteiger partial charge in [0.05, 0.1) is 18.7 Å². The van der Waals surface area contributed by atoms with E-state index in [1.165, 1.54) is 12.0 Å². The molecule has 0 spiro atoms. The molecular formula is C13H15ClN2O3. The van der Waals surface area contributed by atoms with Gasteiger partial charge in [0, 0.05) is 24.1 Å². The second-order valence-corrected chi connectivity index (χ2v) is 4.99. The number of carbonyl (C=O) groups excluding carboxylic acids is 2. The number of ether oxygens (including phenoxy) is 1. The van der Waals surface area contributed by atoms with E-state index in [0.29, 0.717) is 16.5 Å². The molecular weight excluding hydrogens is 268 g/mol. The highest BCUT2D eigenvalue weighted by Crippen LogP contribution is 2.36. The fraction of sp³-hybridized carbons (Fsp3) is 0.385. The summed E-state index contributed by atoms with van der Waals surface area (Å²) in [5.41, 5.74) is 6.72. The van der Waals surface area contributed by atoms with E-state index in [4.69, 9.17) is 22.1 Å². The van der Waals surface area contributed by atoms with E-state index in [-0.39, 0.29) is 18.9 Å². The number of benzene rings is 1. The summed E-state index contributed by atoms with van der Waals surface area (Å²) in [5, 5.41) is 0.568. The third-order valence-corrected chi connectivity index (χ3v) is 3.69. The predicted octanol–water partition coefficient (Wildman–Crippen LogP) is 1.50. The van der Waals surface area contributed by atoms with Gasteiger partial charge in [-0.1, -0.05) is 11.6 Å². The molecule has 2 rings (SSSR count). The number of nitrogens with zero attached hydrogens (tertiary/aromatic N) is 1. The van der Waals surface area contributed by atoms with Crippen LogP contribution in [0.4, 0.5) is 5.69 Å². The van der Waals surface area contributed by atoms with Gasteiger partial charge in [0.2, 0.25) is 11.8 Å². The molecule has 1 heterocycles. The molecule has 0 radical (unpaired) electrons. The Morgan fingerprint density at radius 2 is 2.21 bits per heavy atom. The maximum absolute atomic E-state index is 12.0. The summed E-state index contributed by atoms with van der Waals surface area (Å²) in [4.78, 5) is 24.7. The van der Waals surface area contributed by atoms with Gasteiger partial charge in [-0.3, -0.25) is 9.59 Å². The molecule has 1 aliphatic rings. The van der Waals surface area contributed by atoms with Crippen LogP contribution in [-0.4, -0.2) is 25.5 Å².